The summed E-state index contributed by atoms with van der Waals surface area (Å²) in [6.45, 7) is 4.39. The van der Waals surface area contributed by atoms with Crippen molar-refractivity contribution in [2.45, 2.75) is 26.3 Å². The van der Waals surface area contributed by atoms with Crippen LogP contribution in [0, 0.1) is 0 Å². The zero-order valence-corrected chi connectivity index (χ0v) is 12.5. The van der Waals surface area contributed by atoms with Crippen molar-refractivity contribution in [2.75, 3.05) is 25.2 Å². The summed E-state index contributed by atoms with van der Waals surface area (Å²) in [7, 11) is -2.89. The van der Waals surface area contributed by atoms with E-state index >= 15 is 0 Å². The van der Waals surface area contributed by atoms with Crippen LogP contribution in [0.4, 0.5) is 0 Å². The largest absolute Gasteiger partial charge is 0.494 e. The van der Waals surface area contributed by atoms with Crippen molar-refractivity contribution >= 4 is 9.84 Å². The minimum Gasteiger partial charge on any atom is -0.494 e. The van der Waals surface area contributed by atoms with E-state index in [2.05, 4.69) is 12.2 Å². The predicted molar refractivity (Wildman–Crippen MR) is 78.3 cm³/mol. The van der Waals surface area contributed by atoms with Crippen LogP contribution < -0.4 is 10.1 Å². The molecule has 0 fully saturated rings. The van der Waals surface area contributed by atoms with Crippen LogP contribution in [0.3, 0.4) is 0 Å². The molecule has 108 valence electrons. The maximum Gasteiger partial charge on any atom is 0.147 e. The Kier molecular flexibility index (Phi) is 6.87. The molecule has 0 aliphatic rings. The van der Waals surface area contributed by atoms with Gasteiger partial charge in [0.05, 0.1) is 12.4 Å². The lowest BCUT2D eigenvalue weighted by Crippen LogP contribution is -2.13. The first-order valence-corrected chi connectivity index (χ1v) is 8.67. The van der Waals surface area contributed by atoms with E-state index < -0.39 is 9.84 Å². The van der Waals surface area contributed by atoms with E-state index in [1.54, 1.807) is 0 Å². The number of ether oxygens (including phenoxy) is 1. The van der Waals surface area contributed by atoms with Gasteiger partial charge in [-0.25, -0.2) is 8.42 Å². The average molecular weight is 285 g/mol. The summed E-state index contributed by atoms with van der Waals surface area (Å²) in [5.74, 6) is 0.967. The Hall–Kier alpha value is -1.07. The molecule has 0 unspecified atom stereocenters. The van der Waals surface area contributed by atoms with Crippen LogP contribution in [0.15, 0.2) is 24.3 Å². The summed E-state index contributed by atoms with van der Waals surface area (Å²) in [6.07, 6.45) is 2.88. The Labute approximate surface area is 116 Å². The molecule has 0 saturated heterocycles. The van der Waals surface area contributed by atoms with Gasteiger partial charge in [0, 0.05) is 12.8 Å². The topological polar surface area (TPSA) is 55.4 Å². The van der Waals surface area contributed by atoms with Crippen molar-refractivity contribution in [1.29, 1.82) is 0 Å². The fourth-order valence-electron chi connectivity index (χ4n) is 1.67. The van der Waals surface area contributed by atoms with Crippen LogP contribution in [-0.2, 0) is 16.4 Å². The summed E-state index contributed by atoms with van der Waals surface area (Å²) in [5, 5.41) is 3.33. The van der Waals surface area contributed by atoms with Gasteiger partial charge in [0.25, 0.3) is 0 Å². The van der Waals surface area contributed by atoms with Crippen LogP contribution in [0.2, 0.25) is 0 Å². The van der Waals surface area contributed by atoms with Gasteiger partial charge in [-0.05, 0) is 37.1 Å². The summed E-state index contributed by atoms with van der Waals surface area (Å²) >= 11 is 0. The first-order valence-electron chi connectivity index (χ1n) is 6.61. The highest BCUT2D eigenvalue weighted by atomic mass is 32.2. The molecule has 0 spiro atoms. The molecule has 0 aliphatic heterocycles. The summed E-state index contributed by atoms with van der Waals surface area (Å²) in [4.78, 5) is 0. The van der Waals surface area contributed by atoms with Crippen LogP contribution in [0.5, 0.6) is 5.75 Å². The van der Waals surface area contributed by atoms with E-state index in [1.165, 1.54) is 11.8 Å². The SMILES string of the molecule is CCCNCc1cccc(OCCCS(C)(=O)=O)c1. The highest BCUT2D eigenvalue weighted by Gasteiger charge is 2.02. The molecule has 1 N–H and O–H groups in total. The lowest BCUT2D eigenvalue weighted by atomic mass is 10.2. The third-order valence-corrected chi connectivity index (χ3v) is 3.61. The number of rotatable bonds is 9. The molecule has 0 bridgehead atoms. The molecule has 4 nitrogen and oxygen atoms in total. The number of benzene rings is 1. The summed E-state index contributed by atoms with van der Waals surface area (Å²) in [5.41, 5.74) is 1.18. The molecule has 0 radical (unpaired) electrons. The molecular formula is C14H23NO3S. The van der Waals surface area contributed by atoms with E-state index in [-0.39, 0.29) is 5.75 Å². The number of hydrogen-bond acceptors (Lipinski definition) is 4. The second-order valence-corrected chi connectivity index (χ2v) is 6.92. The lowest BCUT2D eigenvalue weighted by molar-refractivity contribution is 0.317. The lowest BCUT2D eigenvalue weighted by Gasteiger charge is -2.08. The van der Waals surface area contributed by atoms with Gasteiger partial charge in [-0.1, -0.05) is 19.1 Å². The quantitative estimate of drug-likeness (QED) is 0.705. The fourth-order valence-corrected chi connectivity index (χ4v) is 2.31. The molecule has 0 amide bonds. The Morgan fingerprint density at radius 1 is 1.32 bits per heavy atom. The van der Waals surface area contributed by atoms with Crippen molar-refractivity contribution in [3.05, 3.63) is 29.8 Å². The van der Waals surface area contributed by atoms with Gasteiger partial charge in [0.2, 0.25) is 0 Å². The summed E-state index contributed by atoms with van der Waals surface area (Å²) in [6, 6.07) is 7.88. The van der Waals surface area contributed by atoms with Gasteiger partial charge in [0.1, 0.15) is 15.6 Å². The van der Waals surface area contributed by atoms with Crippen LogP contribution in [-0.4, -0.2) is 33.6 Å². The van der Waals surface area contributed by atoms with Gasteiger partial charge in [-0.15, -0.1) is 0 Å². The molecular weight excluding hydrogens is 262 g/mol. The van der Waals surface area contributed by atoms with E-state index in [0.717, 1.165) is 25.3 Å². The molecule has 1 rings (SSSR count). The summed E-state index contributed by atoms with van der Waals surface area (Å²) < 4.78 is 27.5. The van der Waals surface area contributed by atoms with Crippen molar-refractivity contribution < 1.29 is 13.2 Å². The highest BCUT2D eigenvalue weighted by molar-refractivity contribution is 7.90. The molecule has 1 aromatic carbocycles. The first kappa shape index (κ1) is 16.0. The smallest absolute Gasteiger partial charge is 0.147 e. The molecule has 0 heterocycles. The third kappa shape index (κ3) is 7.85. The molecule has 0 saturated carbocycles. The Morgan fingerprint density at radius 3 is 2.79 bits per heavy atom. The van der Waals surface area contributed by atoms with Crippen LogP contribution in [0.25, 0.3) is 0 Å². The first-order chi connectivity index (χ1) is 9.01. The minimum absolute atomic E-state index is 0.171. The number of nitrogens with one attached hydrogen (secondary N) is 1. The minimum atomic E-state index is -2.89. The monoisotopic (exact) mass is 285 g/mol. The molecule has 5 heteroatoms. The zero-order chi connectivity index (χ0) is 14.1. The third-order valence-electron chi connectivity index (χ3n) is 2.58. The van der Waals surface area contributed by atoms with Gasteiger partial charge >= 0.3 is 0 Å². The van der Waals surface area contributed by atoms with Crippen molar-refractivity contribution in [1.82, 2.24) is 5.32 Å². The van der Waals surface area contributed by atoms with Crippen LogP contribution >= 0.6 is 0 Å². The number of hydrogen-bond donors (Lipinski definition) is 1. The van der Waals surface area contributed by atoms with Crippen LogP contribution in [0.1, 0.15) is 25.3 Å². The van der Waals surface area contributed by atoms with E-state index in [1.807, 2.05) is 24.3 Å². The average Bonchev–Trinajstić information content (AvgIpc) is 2.35. The van der Waals surface area contributed by atoms with Crippen molar-refractivity contribution in [2.24, 2.45) is 0 Å². The molecule has 0 aliphatic carbocycles. The highest BCUT2D eigenvalue weighted by Crippen LogP contribution is 2.13. The standard InChI is InChI=1S/C14H23NO3S/c1-3-8-15-12-13-6-4-7-14(11-13)18-9-5-10-19(2,16)17/h4,6-7,11,15H,3,5,8-10,12H2,1-2H3. The second kappa shape index (κ2) is 8.17. The number of sulfone groups is 1. The molecule has 0 atom stereocenters. The van der Waals surface area contributed by atoms with Gasteiger partial charge < -0.3 is 10.1 Å². The Balaban J connectivity index is 2.35. The van der Waals surface area contributed by atoms with Crippen molar-refractivity contribution in [3.63, 3.8) is 0 Å². The Morgan fingerprint density at radius 2 is 2.11 bits per heavy atom. The Bertz CT molecular complexity index is 471. The van der Waals surface area contributed by atoms with Gasteiger partial charge in [-0.3, -0.25) is 0 Å². The molecule has 0 aromatic heterocycles. The second-order valence-electron chi connectivity index (χ2n) is 4.66. The van der Waals surface area contributed by atoms with Gasteiger partial charge in [-0.2, -0.15) is 0 Å². The van der Waals surface area contributed by atoms with Gasteiger partial charge in [0.15, 0.2) is 0 Å². The van der Waals surface area contributed by atoms with E-state index in [0.29, 0.717) is 13.0 Å². The van der Waals surface area contributed by atoms with Crippen molar-refractivity contribution in [3.8, 4) is 5.75 Å². The molecule has 19 heavy (non-hydrogen) atoms. The van der Waals surface area contributed by atoms with E-state index in [9.17, 15) is 8.42 Å². The maximum absolute atomic E-state index is 11.0. The molecule has 1 aromatic rings. The maximum atomic E-state index is 11.0. The fraction of sp³-hybridized carbons (Fsp3) is 0.571. The predicted octanol–water partition coefficient (Wildman–Crippen LogP) is 2.00. The zero-order valence-electron chi connectivity index (χ0n) is 11.7. The van der Waals surface area contributed by atoms with E-state index in [4.69, 9.17) is 4.74 Å². The normalized spacial score (nSPS) is 11.5.